The van der Waals surface area contributed by atoms with Gasteiger partial charge in [-0.3, -0.25) is 0 Å². The van der Waals surface area contributed by atoms with E-state index in [0.29, 0.717) is 5.69 Å². The first-order valence-electron chi connectivity index (χ1n) is 6.08. The molecule has 0 aliphatic heterocycles. The number of fused-ring (bicyclic) bond motifs is 1. The van der Waals surface area contributed by atoms with Crippen LogP contribution >= 0.6 is 11.3 Å². The molecule has 0 fully saturated rings. The Hall–Kier alpha value is -1.99. The number of benzene rings is 2. The van der Waals surface area contributed by atoms with Crippen molar-refractivity contribution in [2.24, 2.45) is 12.0 Å². The van der Waals surface area contributed by atoms with Gasteiger partial charge in [-0.05, 0) is 18.2 Å². The Morgan fingerprint density at radius 3 is 2.60 bits per heavy atom. The number of nitrogens with one attached hydrogen (secondary N) is 1. The fraction of sp³-hybridized carbons (Fsp3) is 0.0714. The topological polar surface area (TPSA) is 65.0 Å². The molecule has 3 aromatic rings. The summed E-state index contributed by atoms with van der Waals surface area (Å²) in [5.41, 5.74) is 1.77. The van der Waals surface area contributed by atoms with E-state index in [1.165, 1.54) is 0 Å². The van der Waals surface area contributed by atoms with Crippen molar-refractivity contribution in [1.82, 2.24) is 4.57 Å². The molecule has 6 heteroatoms. The lowest BCUT2D eigenvalue weighted by Crippen LogP contribution is -2.99. The lowest BCUT2D eigenvalue weighted by atomic mass is 10.3. The van der Waals surface area contributed by atoms with E-state index in [4.69, 9.17) is 0 Å². The molecule has 20 heavy (non-hydrogen) atoms. The number of quaternary nitrogens is 1. The van der Waals surface area contributed by atoms with E-state index in [0.717, 1.165) is 15.0 Å². The SMILES string of the molecule is Cn1c(=Nc2ccccc2[NH+]([O-])O)sc2ccccc21. The van der Waals surface area contributed by atoms with Gasteiger partial charge < -0.3 is 9.77 Å². The van der Waals surface area contributed by atoms with Gasteiger partial charge in [-0.25, -0.2) is 10.2 Å². The summed E-state index contributed by atoms with van der Waals surface area (Å²) in [5, 5.41) is 19.4. The third-order valence-electron chi connectivity index (χ3n) is 3.07. The van der Waals surface area contributed by atoms with Crippen LogP contribution in [0.4, 0.5) is 11.4 Å². The maximum absolute atomic E-state index is 11.2. The van der Waals surface area contributed by atoms with E-state index in [2.05, 4.69) is 4.99 Å². The summed E-state index contributed by atoms with van der Waals surface area (Å²) < 4.78 is 3.10. The first kappa shape index (κ1) is 13.0. The Morgan fingerprint density at radius 1 is 1.15 bits per heavy atom. The molecule has 0 saturated carbocycles. The average molecular weight is 287 g/mol. The molecule has 0 bridgehead atoms. The summed E-state index contributed by atoms with van der Waals surface area (Å²) in [6, 6.07) is 14.8. The molecule has 2 aromatic carbocycles. The Bertz CT molecular complexity index is 820. The second-order valence-electron chi connectivity index (χ2n) is 4.35. The van der Waals surface area contributed by atoms with Crippen LogP contribution in [0.15, 0.2) is 53.5 Å². The molecule has 0 saturated heterocycles. The molecule has 1 heterocycles. The largest absolute Gasteiger partial charge is 0.595 e. The Kier molecular flexibility index (Phi) is 3.37. The van der Waals surface area contributed by atoms with Gasteiger partial charge >= 0.3 is 0 Å². The van der Waals surface area contributed by atoms with E-state index in [9.17, 15) is 10.4 Å². The molecule has 102 valence electrons. The molecule has 3 rings (SSSR count). The normalized spacial score (nSPS) is 13.8. The smallest absolute Gasteiger partial charge is 0.190 e. The molecular formula is C14H13N3O2S. The molecule has 2 N–H and O–H groups in total. The Labute approximate surface area is 119 Å². The van der Waals surface area contributed by atoms with Crippen molar-refractivity contribution < 1.29 is 10.4 Å². The minimum Gasteiger partial charge on any atom is -0.595 e. The highest BCUT2D eigenvalue weighted by atomic mass is 32.1. The van der Waals surface area contributed by atoms with Gasteiger partial charge in [0, 0.05) is 13.1 Å². The van der Waals surface area contributed by atoms with E-state index in [-0.39, 0.29) is 5.69 Å². The number of para-hydroxylation sites is 3. The quantitative estimate of drug-likeness (QED) is 0.707. The van der Waals surface area contributed by atoms with Gasteiger partial charge in [0.1, 0.15) is 5.69 Å². The number of nitrogens with zero attached hydrogens (tertiary/aromatic N) is 2. The number of rotatable bonds is 2. The predicted molar refractivity (Wildman–Crippen MR) is 78.2 cm³/mol. The van der Waals surface area contributed by atoms with Gasteiger partial charge in [0.25, 0.3) is 0 Å². The van der Waals surface area contributed by atoms with Crippen LogP contribution in [0.1, 0.15) is 0 Å². The molecule has 0 amide bonds. The minimum absolute atomic E-state index is 0.213. The molecule has 0 aliphatic rings. The van der Waals surface area contributed by atoms with E-state index >= 15 is 0 Å². The van der Waals surface area contributed by atoms with Crippen molar-refractivity contribution in [3.63, 3.8) is 0 Å². The van der Waals surface area contributed by atoms with Crippen LogP contribution < -0.4 is 10.0 Å². The van der Waals surface area contributed by atoms with Crippen LogP contribution in [0, 0.1) is 5.21 Å². The van der Waals surface area contributed by atoms with Crippen LogP contribution in [0.2, 0.25) is 0 Å². The standard InChI is InChI=1S/C14H13N3O2S/c1-16-12-8-4-5-9-13(12)20-14(16)15-10-6-2-3-7-11(10)17(18)19/h2-9,17-18H,1H3. The highest BCUT2D eigenvalue weighted by molar-refractivity contribution is 7.16. The maximum Gasteiger partial charge on any atom is 0.190 e. The van der Waals surface area contributed by atoms with Crippen molar-refractivity contribution in [2.45, 2.75) is 0 Å². The fourth-order valence-electron chi connectivity index (χ4n) is 2.04. The molecular weight excluding hydrogens is 274 g/mol. The van der Waals surface area contributed by atoms with Gasteiger partial charge in [-0.2, -0.15) is 5.23 Å². The summed E-state index contributed by atoms with van der Waals surface area (Å²) in [6.45, 7) is 0. The Morgan fingerprint density at radius 2 is 1.85 bits per heavy atom. The van der Waals surface area contributed by atoms with Crippen molar-refractivity contribution in [2.75, 3.05) is 0 Å². The van der Waals surface area contributed by atoms with Crippen molar-refractivity contribution in [3.8, 4) is 0 Å². The molecule has 1 atom stereocenters. The molecule has 1 unspecified atom stereocenters. The highest BCUT2D eigenvalue weighted by Gasteiger charge is 2.08. The van der Waals surface area contributed by atoms with Crippen LogP contribution in [0.3, 0.4) is 0 Å². The maximum atomic E-state index is 11.2. The molecule has 0 radical (unpaired) electrons. The highest BCUT2D eigenvalue weighted by Crippen LogP contribution is 2.21. The first-order chi connectivity index (χ1) is 9.66. The first-order valence-corrected chi connectivity index (χ1v) is 6.90. The molecule has 0 spiro atoms. The lowest BCUT2D eigenvalue weighted by Gasteiger charge is -2.12. The second-order valence-corrected chi connectivity index (χ2v) is 5.35. The zero-order chi connectivity index (χ0) is 14.1. The van der Waals surface area contributed by atoms with Crippen molar-refractivity contribution in [3.05, 3.63) is 58.5 Å². The summed E-state index contributed by atoms with van der Waals surface area (Å²) in [7, 11) is 1.93. The van der Waals surface area contributed by atoms with Crippen LogP contribution in [0.25, 0.3) is 10.2 Å². The van der Waals surface area contributed by atoms with Gasteiger partial charge in [0.15, 0.2) is 10.5 Å². The van der Waals surface area contributed by atoms with E-state index < -0.39 is 5.23 Å². The monoisotopic (exact) mass is 287 g/mol. The van der Waals surface area contributed by atoms with Crippen LogP contribution in [-0.4, -0.2) is 9.77 Å². The van der Waals surface area contributed by atoms with E-state index in [1.807, 2.05) is 35.9 Å². The number of hydrogen-bond donors (Lipinski definition) is 2. The van der Waals surface area contributed by atoms with Crippen LogP contribution in [-0.2, 0) is 7.05 Å². The third kappa shape index (κ3) is 2.25. The number of hydrogen-bond acceptors (Lipinski definition) is 4. The minimum atomic E-state index is -0.965. The fourth-order valence-corrected chi connectivity index (χ4v) is 3.08. The van der Waals surface area contributed by atoms with Gasteiger partial charge in [-0.1, -0.05) is 35.6 Å². The van der Waals surface area contributed by atoms with Crippen LogP contribution in [0.5, 0.6) is 0 Å². The van der Waals surface area contributed by atoms with E-state index in [1.54, 1.807) is 35.6 Å². The zero-order valence-electron chi connectivity index (χ0n) is 10.8. The Balaban J connectivity index is 2.23. The van der Waals surface area contributed by atoms with Crippen molar-refractivity contribution >= 4 is 32.9 Å². The van der Waals surface area contributed by atoms with Gasteiger partial charge in [-0.15, -0.1) is 0 Å². The summed E-state index contributed by atoms with van der Waals surface area (Å²) in [5.74, 6) is 0. The average Bonchev–Trinajstić information content (AvgIpc) is 2.76. The van der Waals surface area contributed by atoms with Crippen molar-refractivity contribution in [1.29, 1.82) is 0 Å². The molecule has 1 aromatic heterocycles. The van der Waals surface area contributed by atoms with Gasteiger partial charge in [0.2, 0.25) is 0 Å². The third-order valence-corrected chi connectivity index (χ3v) is 4.18. The number of thiazole rings is 1. The zero-order valence-corrected chi connectivity index (χ0v) is 11.6. The number of aromatic nitrogens is 1. The number of aryl methyl sites for hydroxylation is 1. The molecule has 5 nitrogen and oxygen atoms in total. The lowest BCUT2D eigenvalue weighted by molar-refractivity contribution is -0.990. The summed E-state index contributed by atoms with van der Waals surface area (Å²) in [4.78, 5) is 5.28. The summed E-state index contributed by atoms with van der Waals surface area (Å²) in [6.07, 6.45) is 0. The molecule has 0 aliphatic carbocycles. The predicted octanol–water partition coefficient (Wildman–Crippen LogP) is 1.88. The second kappa shape index (κ2) is 5.18. The van der Waals surface area contributed by atoms with Gasteiger partial charge in [0.05, 0.1) is 10.2 Å². The summed E-state index contributed by atoms with van der Waals surface area (Å²) >= 11 is 1.54.